The fourth-order valence-corrected chi connectivity index (χ4v) is 3.77. The van der Waals surface area contributed by atoms with Crippen molar-refractivity contribution in [2.75, 3.05) is 18.4 Å². The average Bonchev–Trinajstić information content (AvgIpc) is 2.98. The summed E-state index contributed by atoms with van der Waals surface area (Å²) in [6.07, 6.45) is 7.99. The van der Waals surface area contributed by atoms with E-state index in [2.05, 4.69) is 28.4 Å². The van der Waals surface area contributed by atoms with Gasteiger partial charge in [0.15, 0.2) is 0 Å². The molecule has 1 aromatic rings. The van der Waals surface area contributed by atoms with E-state index in [1.807, 2.05) is 26.0 Å². The van der Waals surface area contributed by atoms with Crippen LogP contribution >= 0.6 is 0 Å². The van der Waals surface area contributed by atoms with Crippen LogP contribution in [-0.2, 0) is 17.8 Å². The Morgan fingerprint density at radius 2 is 2.25 bits per heavy atom. The van der Waals surface area contributed by atoms with E-state index >= 15 is 0 Å². The Balaban J connectivity index is 1.65. The van der Waals surface area contributed by atoms with Gasteiger partial charge in [-0.2, -0.15) is 0 Å². The Morgan fingerprint density at radius 1 is 1.42 bits per heavy atom. The Hall–Kier alpha value is -1.65. The summed E-state index contributed by atoms with van der Waals surface area (Å²) in [7, 11) is 0. The van der Waals surface area contributed by atoms with Gasteiger partial charge in [-0.3, -0.25) is 9.69 Å². The van der Waals surface area contributed by atoms with E-state index in [1.54, 1.807) is 0 Å². The van der Waals surface area contributed by atoms with E-state index in [9.17, 15) is 9.90 Å². The minimum Gasteiger partial charge on any atom is -0.389 e. The number of allylic oxidation sites excluding steroid dienone is 2. The highest BCUT2D eigenvalue weighted by molar-refractivity contribution is 5.92. The minimum absolute atomic E-state index is 0.110. The number of nitrogens with zero attached hydrogens (tertiary/aromatic N) is 1. The summed E-state index contributed by atoms with van der Waals surface area (Å²) in [5.41, 5.74) is 2.78. The van der Waals surface area contributed by atoms with Crippen LogP contribution in [0.25, 0.3) is 0 Å². The van der Waals surface area contributed by atoms with Crippen molar-refractivity contribution in [2.24, 2.45) is 5.92 Å². The van der Waals surface area contributed by atoms with Gasteiger partial charge in [-0.15, -0.1) is 0 Å². The molecule has 0 saturated carbocycles. The summed E-state index contributed by atoms with van der Waals surface area (Å²) in [5, 5.41) is 13.1. The number of carbonyl (C=O) groups excluding carboxylic acids is 1. The maximum atomic E-state index is 12.3. The van der Waals surface area contributed by atoms with Crippen LogP contribution < -0.4 is 5.32 Å². The summed E-state index contributed by atoms with van der Waals surface area (Å²) in [6.45, 7) is 6.09. The zero-order chi connectivity index (χ0) is 17.2. The predicted octanol–water partition coefficient (Wildman–Crippen LogP) is 3.11. The first-order valence-corrected chi connectivity index (χ1v) is 8.93. The van der Waals surface area contributed by atoms with Crippen molar-refractivity contribution in [3.8, 4) is 0 Å². The Kier molecular flexibility index (Phi) is 5.07. The molecular formula is C20H28N2O2. The first-order valence-electron chi connectivity index (χ1n) is 8.93. The van der Waals surface area contributed by atoms with Crippen LogP contribution in [0, 0.1) is 5.92 Å². The molecule has 0 radical (unpaired) electrons. The second-order valence-electron chi connectivity index (χ2n) is 7.73. The summed E-state index contributed by atoms with van der Waals surface area (Å²) in [5.74, 6) is 0.505. The quantitative estimate of drug-likeness (QED) is 0.817. The number of nitrogens with one attached hydrogen (secondary N) is 1. The molecule has 0 spiro atoms. The van der Waals surface area contributed by atoms with Crippen LogP contribution in [0.2, 0.25) is 0 Å². The highest BCUT2D eigenvalue weighted by Crippen LogP contribution is 2.28. The number of hydrogen-bond donors (Lipinski definition) is 2. The summed E-state index contributed by atoms with van der Waals surface area (Å²) in [4.78, 5) is 14.6. The highest BCUT2D eigenvalue weighted by atomic mass is 16.3. The lowest BCUT2D eigenvalue weighted by Gasteiger charge is -2.33. The molecule has 1 aliphatic carbocycles. The second kappa shape index (κ2) is 7.08. The third-order valence-electron chi connectivity index (χ3n) is 4.79. The molecule has 2 N–H and O–H groups in total. The van der Waals surface area contributed by atoms with Crippen molar-refractivity contribution in [3.63, 3.8) is 0 Å². The fraction of sp³-hybridized carbons (Fsp3) is 0.550. The lowest BCUT2D eigenvalue weighted by Crippen LogP contribution is -2.41. The van der Waals surface area contributed by atoms with Crippen molar-refractivity contribution < 1.29 is 9.90 Å². The van der Waals surface area contributed by atoms with E-state index in [1.165, 1.54) is 11.1 Å². The average molecular weight is 328 g/mol. The van der Waals surface area contributed by atoms with Crippen molar-refractivity contribution in [1.82, 2.24) is 4.90 Å². The molecule has 1 aliphatic heterocycles. The number of hydrogen-bond acceptors (Lipinski definition) is 3. The topological polar surface area (TPSA) is 52.6 Å². The van der Waals surface area contributed by atoms with Gasteiger partial charge in [-0.05, 0) is 56.2 Å². The van der Waals surface area contributed by atoms with E-state index < -0.39 is 5.60 Å². The Bertz CT molecular complexity index is 631. The maximum Gasteiger partial charge on any atom is 0.224 e. The summed E-state index contributed by atoms with van der Waals surface area (Å²) in [6, 6.07) is 6.14. The Labute approximate surface area is 144 Å². The molecule has 0 aromatic heterocycles. The van der Waals surface area contributed by atoms with Crippen molar-refractivity contribution in [2.45, 2.75) is 51.7 Å². The zero-order valence-electron chi connectivity index (χ0n) is 14.7. The van der Waals surface area contributed by atoms with Crippen LogP contribution in [0.5, 0.6) is 0 Å². The van der Waals surface area contributed by atoms with Gasteiger partial charge in [0.2, 0.25) is 5.91 Å². The molecule has 4 nitrogen and oxygen atoms in total. The Morgan fingerprint density at radius 3 is 2.96 bits per heavy atom. The van der Waals surface area contributed by atoms with Crippen molar-refractivity contribution >= 4 is 11.6 Å². The molecule has 1 amide bonds. The van der Waals surface area contributed by atoms with Crippen molar-refractivity contribution in [3.05, 3.63) is 41.5 Å². The van der Waals surface area contributed by atoms with Crippen LogP contribution in [0.1, 0.15) is 44.2 Å². The minimum atomic E-state index is -0.682. The van der Waals surface area contributed by atoms with Gasteiger partial charge in [0, 0.05) is 31.7 Å². The highest BCUT2D eigenvalue weighted by Gasteiger charge is 2.24. The molecule has 2 aliphatic rings. The van der Waals surface area contributed by atoms with Crippen molar-refractivity contribution in [1.29, 1.82) is 0 Å². The monoisotopic (exact) mass is 328 g/mol. The molecule has 1 atom stereocenters. The smallest absolute Gasteiger partial charge is 0.224 e. The molecule has 130 valence electrons. The molecular weight excluding hydrogens is 300 g/mol. The normalized spacial score (nSPS) is 20.9. The maximum absolute atomic E-state index is 12.3. The molecule has 1 aromatic carbocycles. The summed E-state index contributed by atoms with van der Waals surface area (Å²) >= 11 is 0. The zero-order valence-corrected chi connectivity index (χ0v) is 14.7. The lowest BCUT2D eigenvalue weighted by molar-refractivity contribution is -0.116. The fourth-order valence-electron chi connectivity index (χ4n) is 3.77. The molecule has 0 bridgehead atoms. The van der Waals surface area contributed by atoms with Gasteiger partial charge >= 0.3 is 0 Å². The van der Waals surface area contributed by atoms with E-state index in [0.29, 0.717) is 18.9 Å². The largest absolute Gasteiger partial charge is 0.389 e. The third-order valence-corrected chi connectivity index (χ3v) is 4.79. The first kappa shape index (κ1) is 17.2. The van der Waals surface area contributed by atoms with Crippen LogP contribution in [0.3, 0.4) is 0 Å². The molecule has 3 rings (SSSR count). The van der Waals surface area contributed by atoms with E-state index in [0.717, 1.165) is 38.0 Å². The number of fused-ring (bicyclic) bond motifs is 1. The molecule has 0 saturated heterocycles. The summed E-state index contributed by atoms with van der Waals surface area (Å²) < 4.78 is 0. The number of aliphatic hydroxyl groups is 1. The SMILES string of the molecule is CC(C)(O)CN1CCc2c(cccc2NC(=O)C[C@@H]2C=CCC2)C1. The van der Waals surface area contributed by atoms with Crippen LogP contribution in [-0.4, -0.2) is 34.6 Å². The third kappa shape index (κ3) is 4.46. The van der Waals surface area contributed by atoms with E-state index in [-0.39, 0.29) is 5.91 Å². The number of carbonyl (C=O) groups is 1. The number of benzene rings is 1. The molecule has 24 heavy (non-hydrogen) atoms. The molecule has 0 unspecified atom stereocenters. The van der Waals surface area contributed by atoms with Gasteiger partial charge in [0.25, 0.3) is 0 Å². The number of amides is 1. The lowest BCUT2D eigenvalue weighted by atomic mass is 9.96. The standard InChI is InChI=1S/C20H28N2O2/c1-20(2,24)14-22-11-10-17-16(13-22)8-5-9-18(17)21-19(23)12-15-6-3-4-7-15/h3,5-6,8-9,15,24H,4,7,10-14H2,1-2H3,(H,21,23)/t15-/m1/s1. The van der Waals surface area contributed by atoms with Gasteiger partial charge in [0.1, 0.15) is 0 Å². The number of anilines is 1. The van der Waals surface area contributed by atoms with E-state index in [4.69, 9.17) is 0 Å². The molecule has 4 heteroatoms. The van der Waals surface area contributed by atoms with Gasteiger partial charge in [-0.1, -0.05) is 24.3 Å². The first-order chi connectivity index (χ1) is 11.4. The second-order valence-corrected chi connectivity index (χ2v) is 7.73. The van der Waals surface area contributed by atoms with Crippen LogP contribution in [0.4, 0.5) is 5.69 Å². The predicted molar refractivity (Wildman–Crippen MR) is 96.8 cm³/mol. The number of rotatable bonds is 5. The number of β-amino-alcohol motifs (C(OH)–C–C–N with tert-alkyl or cyclic N) is 1. The van der Waals surface area contributed by atoms with Crippen LogP contribution in [0.15, 0.2) is 30.4 Å². The molecule has 1 heterocycles. The van der Waals surface area contributed by atoms with Gasteiger partial charge in [-0.25, -0.2) is 0 Å². The molecule has 0 fully saturated rings. The van der Waals surface area contributed by atoms with Gasteiger partial charge < -0.3 is 10.4 Å². The van der Waals surface area contributed by atoms with Gasteiger partial charge in [0.05, 0.1) is 5.60 Å².